The maximum absolute atomic E-state index is 9.28. The highest BCUT2D eigenvalue weighted by molar-refractivity contribution is 5.93. The number of pyridine rings is 1. The fourth-order valence-corrected chi connectivity index (χ4v) is 1.99. The maximum Gasteiger partial charge on any atom is 0.102 e. The molecule has 0 radical (unpaired) electrons. The first-order valence-electron chi connectivity index (χ1n) is 5.31. The van der Waals surface area contributed by atoms with Crippen LogP contribution in [0.4, 0.5) is 0 Å². The predicted octanol–water partition coefficient (Wildman–Crippen LogP) is 3.10. The second kappa shape index (κ2) is 3.76. The van der Waals surface area contributed by atoms with Gasteiger partial charge in [-0.2, -0.15) is 5.26 Å². The van der Waals surface area contributed by atoms with E-state index in [1.807, 2.05) is 36.4 Å². The van der Waals surface area contributed by atoms with E-state index in [0.29, 0.717) is 5.56 Å². The van der Waals surface area contributed by atoms with Gasteiger partial charge >= 0.3 is 0 Å². The Bertz CT molecular complexity index is 705. The Labute approximate surface area is 98.4 Å². The van der Waals surface area contributed by atoms with Crippen LogP contribution in [0.15, 0.2) is 48.8 Å². The van der Waals surface area contributed by atoms with E-state index in [1.54, 1.807) is 12.4 Å². The molecule has 3 nitrogen and oxygen atoms in total. The third kappa shape index (κ3) is 1.47. The number of benzene rings is 1. The molecule has 0 amide bonds. The Kier molecular flexibility index (Phi) is 2.13. The van der Waals surface area contributed by atoms with Crippen LogP contribution >= 0.6 is 0 Å². The molecular formula is C14H9N3. The summed E-state index contributed by atoms with van der Waals surface area (Å²) >= 11 is 0. The standard InChI is InChI=1S/C14H9N3/c15-9-12-11-3-1-2-4-13(11)17-14(12)10-5-7-16-8-6-10/h1-8,17H. The zero-order chi connectivity index (χ0) is 11.7. The number of fused-ring (bicyclic) bond motifs is 1. The van der Waals surface area contributed by atoms with Crippen molar-refractivity contribution < 1.29 is 0 Å². The molecule has 3 aromatic rings. The van der Waals surface area contributed by atoms with Crippen LogP contribution in [-0.4, -0.2) is 9.97 Å². The van der Waals surface area contributed by atoms with Gasteiger partial charge in [-0.25, -0.2) is 0 Å². The van der Waals surface area contributed by atoms with Gasteiger partial charge in [0.25, 0.3) is 0 Å². The normalized spacial score (nSPS) is 10.3. The second-order valence-electron chi connectivity index (χ2n) is 3.77. The molecule has 2 heterocycles. The molecule has 2 aromatic heterocycles. The summed E-state index contributed by atoms with van der Waals surface area (Å²) in [6.45, 7) is 0. The van der Waals surface area contributed by atoms with Crippen LogP contribution in [0.25, 0.3) is 22.2 Å². The van der Waals surface area contributed by atoms with Crippen LogP contribution in [0.1, 0.15) is 5.56 Å². The molecular weight excluding hydrogens is 210 g/mol. The van der Waals surface area contributed by atoms with Gasteiger partial charge in [-0.15, -0.1) is 0 Å². The van der Waals surface area contributed by atoms with E-state index < -0.39 is 0 Å². The summed E-state index contributed by atoms with van der Waals surface area (Å²) in [6, 6.07) is 13.9. The summed E-state index contributed by atoms with van der Waals surface area (Å²) in [5.74, 6) is 0. The SMILES string of the molecule is N#Cc1c(-c2ccncc2)[nH]c2ccccc12. The Morgan fingerprint density at radius 3 is 2.59 bits per heavy atom. The van der Waals surface area contributed by atoms with Crippen molar-refractivity contribution in [2.75, 3.05) is 0 Å². The zero-order valence-corrected chi connectivity index (χ0v) is 9.01. The van der Waals surface area contributed by atoms with E-state index in [9.17, 15) is 5.26 Å². The summed E-state index contributed by atoms with van der Waals surface area (Å²) in [5.41, 5.74) is 3.51. The highest BCUT2D eigenvalue weighted by Crippen LogP contribution is 2.28. The maximum atomic E-state index is 9.28. The average Bonchev–Trinajstić information content (AvgIpc) is 2.78. The monoisotopic (exact) mass is 219 g/mol. The lowest BCUT2D eigenvalue weighted by Crippen LogP contribution is -1.81. The van der Waals surface area contributed by atoms with Crippen molar-refractivity contribution in [3.8, 4) is 17.3 Å². The number of nitrogens with zero attached hydrogens (tertiary/aromatic N) is 2. The minimum Gasteiger partial charge on any atom is -0.353 e. The number of nitriles is 1. The molecule has 0 unspecified atom stereocenters. The number of hydrogen-bond donors (Lipinski definition) is 1. The fourth-order valence-electron chi connectivity index (χ4n) is 1.99. The molecule has 0 bridgehead atoms. The Balaban J connectivity index is 2.35. The summed E-state index contributed by atoms with van der Waals surface area (Å²) in [7, 11) is 0. The molecule has 0 aliphatic rings. The van der Waals surface area contributed by atoms with Crippen molar-refractivity contribution in [2.24, 2.45) is 0 Å². The van der Waals surface area contributed by atoms with Gasteiger partial charge in [-0.1, -0.05) is 18.2 Å². The molecule has 0 aliphatic heterocycles. The average molecular weight is 219 g/mol. The van der Waals surface area contributed by atoms with Crippen LogP contribution in [0.5, 0.6) is 0 Å². The molecule has 80 valence electrons. The van der Waals surface area contributed by atoms with Gasteiger partial charge in [0, 0.05) is 28.9 Å². The number of aromatic amines is 1. The highest BCUT2D eigenvalue weighted by Gasteiger charge is 2.11. The molecule has 3 rings (SSSR count). The largest absolute Gasteiger partial charge is 0.353 e. The molecule has 0 fully saturated rings. The third-order valence-electron chi connectivity index (χ3n) is 2.79. The number of nitrogens with one attached hydrogen (secondary N) is 1. The molecule has 0 spiro atoms. The summed E-state index contributed by atoms with van der Waals surface area (Å²) in [6.07, 6.45) is 3.45. The second-order valence-corrected chi connectivity index (χ2v) is 3.77. The Hall–Kier alpha value is -2.60. The van der Waals surface area contributed by atoms with Crippen molar-refractivity contribution in [1.82, 2.24) is 9.97 Å². The first-order chi connectivity index (χ1) is 8.40. The highest BCUT2D eigenvalue weighted by atomic mass is 14.7. The molecule has 0 atom stereocenters. The van der Waals surface area contributed by atoms with E-state index in [-0.39, 0.29) is 0 Å². The topological polar surface area (TPSA) is 52.5 Å². The van der Waals surface area contributed by atoms with E-state index in [2.05, 4.69) is 16.0 Å². The minimum atomic E-state index is 0.687. The van der Waals surface area contributed by atoms with E-state index in [0.717, 1.165) is 22.2 Å². The molecule has 17 heavy (non-hydrogen) atoms. The molecule has 0 aliphatic carbocycles. The van der Waals surface area contributed by atoms with Gasteiger partial charge in [-0.05, 0) is 18.2 Å². The zero-order valence-electron chi connectivity index (χ0n) is 9.01. The lowest BCUT2D eigenvalue weighted by Gasteiger charge is -1.97. The van der Waals surface area contributed by atoms with Crippen molar-refractivity contribution in [3.63, 3.8) is 0 Å². The van der Waals surface area contributed by atoms with Crippen LogP contribution in [0.2, 0.25) is 0 Å². The van der Waals surface area contributed by atoms with Crippen molar-refractivity contribution in [2.45, 2.75) is 0 Å². The van der Waals surface area contributed by atoms with E-state index in [1.165, 1.54) is 0 Å². The molecule has 3 heteroatoms. The molecule has 1 aromatic carbocycles. The summed E-state index contributed by atoms with van der Waals surface area (Å²) < 4.78 is 0. The fraction of sp³-hybridized carbons (Fsp3) is 0. The van der Waals surface area contributed by atoms with Crippen molar-refractivity contribution >= 4 is 10.9 Å². The third-order valence-corrected chi connectivity index (χ3v) is 2.79. The number of rotatable bonds is 1. The van der Waals surface area contributed by atoms with Crippen molar-refractivity contribution in [1.29, 1.82) is 5.26 Å². The van der Waals surface area contributed by atoms with Crippen LogP contribution in [0.3, 0.4) is 0 Å². The lowest BCUT2D eigenvalue weighted by atomic mass is 10.1. The summed E-state index contributed by atoms with van der Waals surface area (Å²) in [4.78, 5) is 7.26. The summed E-state index contributed by atoms with van der Waals surface area (Å²) in [5, 5.41) is 10.2. The van der Waals surface area contributed by atoms with Crippen molar-refractivity contribution in [3.05, 3.63) is 54.4 Å². The number of H-pyrrole nitrogens is 1. The van der Waals surface area contributed by atoms with Gasteiger partial charge in [0.05, 0.1) is 11.3 Å². The number of aromatic nitrogens is 2. The minimum absolute atomic E-state index is 0.687. The van der Waals surface area contributed by atoms with Gasteiger partial charge < -0.3 is 4.98 Å². The predicted molar refractivity (Wildman–Crippen MR) is 66.2 cm³/mol. The Morgan fingerprint density at radius 1 is 1.06 bits per heavy atom. The van der Waals surface area contributed by atoms with Crippen LogP contribution < -0.4 is 0 Å². The van der Waals surface area contributed by atoms with Gasteiger partial charge in [-0.3, -0.25) is 4.98 Å². The lowest BCUT2D eigenvalue weighted by molar-refractivity contribution is 1.32. The van der Waals surface area contributed by atoms with Crippen LogP contribution in [-0.2, 0) is 0 Å². The first-order valence-corrected chi connectivity index (χ1v) is 5.31. The molecule has 1 N–H and O–H groups in total. The number of para-hydroxylation sites is 1. The smallest absolute Gasteiger partial charge is 0.102 e. The quantitative estimate of drug-likeness (QED) is 0.683. The number of hydrogen-bond acceptors (Lipinski definition) is 2. The Morgan fingerprint density at radius 2 is 1.82 bits per heavy atom. The molecule has 0 saturated heterocycles. The van der Waals surface area contributed by atoms with Gasteiger partial charge in [0.2, 0.25) is 0 Å². The van der Waals surface area contributed by atoms with Gasteiger partial charge in [0.15, 0.2) is 0 Å². The first kappa shape index (κ1) is 9.61. The van der Waals surface area contributed by atoms with E-state index >= 15 is 0 Å². The molecule has 0 saturated carbocycles. The van der Waals surface area contributed by atoms with Crippen LogP contribution in [0, 0.1) is 11.3 Å². The van der Waals surface area contributed by atoms with E-state index in [4.69, 9.17) is 0 Å². The van der Waals surface area contributed by atoms with Gasteiger partial charge in [0.1, 0.15) is 6.07 Å².